The molecule has 2 aromatic carbocycles. The molecule has 3 rings (SSSR count). The van der Waals surface area contributed by atoms with E-state index < -0.39 is 0 Å². The van der Waals surface area contributed by atoms with E-state index in [0.29, 0.717) is 0 Å². The summed E-state index contributed by atoms with van der Waals surface area (Å²) in [5.74, 6) is 0.140. The minimum absolute atomic E-state index is 0.140. The molecule has 0 unspecified atom stereocenters. The molecule has 1 amide bonds. The van der Waals surface area contributed by atoms with Crippen molar-refractivity contribution in [3.63, 3.8) is 0 Å². The maximum absolute atomic E-state index is 12.6. The Morgan fingerprint density at radius 1 is 1.00 bits per heavy atom. The molecule has 25 heavy (non-hydrogen) atoms. The number of benzene rings is 2. The Kier molecular flexibility index (Phi) is 5.39. The Morgan fingerprint density at radius 2 is 1.68 bits per heavy atom. The number of nitrogens with zero attached hydrogens (tertiary/aromatic N) is 3. The first-order valence-electron chi connectivity index (χ1n) is 8.87. The van der Waals surface area contributed by atoms with Gasteiger partial charge in [0.05, 0.1) is 0 Å². The normalized spacial score (nSPS) is 14.9. The molecule has 0 radical (unpaired) electrons. The summed E-state index contributed by atoms with van der Waals surface area (Å²) in [6, 6.07) is 16.6. The molecule has 0 aromatic heterocycles. The number of carbonyl (C=O) groups excluding carboxylic acids is 1. The molecule has 0 saturated carbocycles. The summed E-state index contributed by atoms with van der Waals surface area (Å²) in [7, 11) is 4.17. The third-order valence-corrected chi connectivity index (χ3v) is 4.64. The van der Waals surface area contributed by atoms with Crippen LogP contribution in [-0.2, 0) is 6.54 Å². The van der Waals surface area contributed by atoms with Gasteiger partial charge in [0.15, 0.2) is 0 Å². The average molecular weight is 337 g/mol. The van der Waals surface area contributed by atoms with Crippen molar-refractivity contribution in [3.05, 3.63) is 65.2 Å². The smallest absolute Gasteiger partial charge is 0.253 e. The number of anilines is 1. The summed E-state index contributed by atoms with van der Waals surface area (Å²) in [6.45, 7) is 6.28. The molecule has 2 aromatic rings. The molecule has 0 spiro atoms. The molecule has 1 fully saturated rings. The van der Waals surface area contributed by atoms with Gasteiger partial charge >= 0.3 is 0 Å². The fourth-order valence-electron chi connectivity index (χ4n) is 3.26. The van der Waals surface area contributed by atoms with Crippen molar-refractivity contribution in [2.75, 3.05) is 45.2 Å². The number of hydrogen-bond donors (Lipinski definition) is 0. The summed E-state index contributed by atoms with van der Waals surface area (Å²) >= 11 is 0. The van der Waals surface area contributed by atoms with Crippen LogP contribution in [0.15, 0.2) is 48.5 Å². The first-order chi connectivity index (χ1) is 12.0. The SMILES string of the molecule is Cc1ccc(C(=O)N2CCN(c3cccc(CN(C)C)c3)CC2)cc1. The molecule has 1 heterocycles. The second kappa shape index (κ2) is 7.70. The zero-order valence-electron chi connectivity index (χ0n) is 15.4. The van der Waals surface area contributed by atoms with Crippen LogP contribution in [0.2, 0.25) is 0 Å². The van der Waals surface area contributed by atoms with Crippen LogP contribution in [0.3, 0.4) is 0 Å². The number of aryl methyl sites for hydroxylation is 1. The highest BCUT2D eigenvalue weighted by Gasteiger charge is 2.22. The summed E-state index contributed by atoms with van der Waals surface area (Å²) in [5, 5.41) is 0. The fraction of sp³-hybridized carbons (Fsp3) is 0.381. The van der Waals surface area contributed by atoms with Gasteiger partial charge in [-0.05, 0) is 50.8 Å². The molecule has 0 bridgehead atoms. The van der Waals surface area contributed by atoms with Gasteiger partial charge in [-0.3, -0.25) is 4.79 Å². The number of amides is 1. The van der Waals surface area contributed by atoms with Gasteiger partial charge in [-0.15, -0.1) is 0 Å². The maximum atomic E-state index is 12.6. The Balaban J connectivity index is 1.62. The first-order valence-corrected chi connectivity index (χ1v) is 8.87. The van der Waals surface area contributed by atoms with Crippen LogP contribution >= 0.6 is 0 Å². The lowest BCUT2D eigenvalue weighted by Crippen LogP contribution is -2.48. The number of piperazine rings is 1. The average Bonchev–Trinajstić information content (AvgIpc) is 2.62. The van der Waals surface area contributed by atoms with Crippen LogP contribution in [0.4, 0.5) is 5.69 Å². The molecule has 1 aliphatic heterocycles. The minimum atomic E-state index is 0.140. The number of carbonyl (C=O) groups is 1. The van der Waals surface area contributed by atoms with Crippen molar-refractivity contribution in [2.45, 2.75) is 13.5 Å². The van der Waals surface area contributed by atoms with E-state index >= 15 is 0 Å². The standard InChI is InChI=1S/C21H27N3O/c1-17-7-9-19(10-8-17)21(25)24-13-11-23(12-14-24)20-6-4-5-18(15-20)16-22(2)3/h4-10,15H,11-14,16H2,1-3H3. The van der Waals surface area contributed by atoms with Crippen LogP contribution in [0.5, 0.6) is 0 Å². The zero-order valence-corrected chi connectivity index (χ0v) is 15.4. The van der Waals surface area contributed by atoms with E-state index in [9.17, 15) is 4.79 Å². The molecule has 4 heteroatoms. The van der Waals surface area contributed by atoms with Gasteiger partial charge in [-0.2, -0.15) is 0 Å². The third kappa shape index (κ3) is 4.40. The Bertz CT molecular complexity index is 716. The van der Waals surface area contributed by atoms with Crippen molar-refractivity contribution < 1.29 is 4.79 Å². The highest BCUT2D eigenvalue weighted by atomic mass is 16.2. The summed E-state index contributed by atoms with van der Waals surface area (Å²) in [6.07, 6.45) is 0. The Labute approximate surface area is 150 Å². The molecule has 4 nitrogen and oxygen atoms in total. The van der Waals surface area contributed by atoms with E-state index in [4.69, 9.17) is 0 Å². The lowest BCUT2D eigenvalue weighted by Gasteiger charge is -2.36. The number of hydrogen-bond acceptors (Lipinski definition) is 3. The van der Waals surface area contributed by atoms with Crippen LogP contribution in [0.1, 0.15) is 21.5 Å². The maximum Gasteiger partial charge on any atom is 0.253 e. The molecule has 1 aliphatic rings. The molecule has 132 valence electrons. The highest BCUT2D eigenvalue weighted by Crippen LogP contribution is 2.19. The molecule has 1 saturated heterocycles. The van der Waals surface area contributed by atoms with Crippen LogP contribution < -0.4 is 4.90 Å². The van der Waals surface area contributed by atoms with Gasteiger partial charge < -0.3 is 14.7 Å². The fourth-order valence-corrected chi connectivity index (χ4v) is 3.26. The minimum Gasteiger partial charge on any atom is -0.368 e. The van der Waals surface area contributed by atoms with Crippen molar-refractivity contribution in [1.82, 2.24) is 9.80 Å². The van der Waals surface area contributed by atoms with E-state index in [1.807, 2.05) is 36.1 Å². The second-order valence-electron chi connectivity index (χ2n) is 7.05. The highest BCUT2D eigenvalue weighted by molar-refractivity contribution is 5.94. The molecule has 0 aliphatic carbocycles. The molecule has 0 atom stereocenters. The van der Waals surface area contributed by atoms with Gasteiger partial charge in [0, 0.05) is 44.0 Å². The van der Waals surface area contributed by atoms with Crippen LogP contribution in [0.25, 0.3) is 0 Å². The Morgan fingerprint density at radius 3 is 2.32 bits per heavy atom. The van der Waals surface area contributed by atoms with Gasteiger partial charge in [-0.25, -0.2) is 0 Å². The number of rotatable bonds is 4. The topological polar surface area (TPSA) is 26.8 Å². The summed E-state index contributed by atoms with van der Waals surface area (Å²) < 4.78 is 0. The van der Waals surface area contributed by atoms with Gasteiger partial charge in [-0.1, -0.05) is 29.8 Å². The largest absolute Gasteiger partial charge is 0.368 e. The molecular weight excluding hydrogens is 310 g/mol. The van der Waals surface area contributed by atoms with Gasteiger partial charge in [0.25, 0.3) is 5.91 Å². The van der Waals surface area contributed by atoms with E-state index in [2.05, 4.69) is 48.2 Å². The first kappa shape index (κ1) is 17.5. The lowest BCUT2D eigenvalue weighted by atomic mass is 10.1. The van der Waals surface area contributed by atoms with Crippen LogP contribution in [0, 0.1) is 6.92 Å². The van der Waals surface area contributed by atoms with Crippen molar-refractivity contribution >= 4 is 11.6 Å². The van der Waals surface area contributed by atoms with E-state index in [0.717, 1.165) is 38.3 Å². The van der Waals surface area contributed by atoms with Crippen molar-refractivity contribution in [3.8, 4) is 0 Å². The van der Waals surface area contributed by atoms with E-state index in [1.54, 1.807) is 0 Å². The van der Waals surface area contributed by atoms with Crippen molar-refractivity contribution in [2.24, 2.45) is 0 Å². The van der Waals surface area contributed by atoms with Gasteiger partial charge in [0.1, 0.15) is 0 Å². The van der Waals surface area contributed by atoms with E-state index in [1.165, 1.54) is 16.8 Å². The van der Waals surface area contributed by atoms with Crippen molar-refractivity contribution in [1.29, 1.82) is 0 Å². The molecular formula is C21H27N3O. The zero-order chi connectivity index (χ0) is 17.8. The monoisotopic (exact) mass is 337 g/mol. The van der Waals surface area contributed by atoms with Gasteiger partial charge in [0.2, 0.25) is 0 Å². The van der Waals surface area contributed by atoms with E-state index in [-0.39, 0.29) is 5.91 Å². The third-order valence-electron chi connectivity index (χ3n) is 4.64. The predicted molar refractivity (Wildman–Crippen MR) is 103 cm³/mol. The predicted octanol–water partition coefficient (Wildman–Crippen LogP) is 3.02. The summed E-state index contributed by atoms with van der Waals surface area (Å²) in [4.78, 5) is 19.1. The Hall–Kier alpha value is -2.33. The molecule has 0 N–H and O–H groups in total. The quantitative estimate of drug-likeness (QED) is 0.858. The lowest BCUT2D eigenvalue weighted by molar-refractivity contribution is 0.0747. The second-order valence-corrected chi connectivity index (χ2v) is 7.05. The van der Waals surface area contributed by atoms with Crippen LogP contribution in [-0.4, -0.2) is 56.0 Å². The summed E-state index contributed by atoms with van der Waals surface area (Å²) in [5.41, 5.74) is 4.54.